The molecule has 0 spiro atoms. The molecule has 1 aromatic heterocycles. The Morgan fingerprint density at radius 1 is 1.35 bits per heavy atom. The fourth-order valence-electron chi connectivity index (χ4n) is 2.88. The van der Waals surface area contributed by atoms with Gasteiger partial charge in [0.05, 0.1) is 5.69 Å². The Bertz CT molecular complexity index is 714. The van der Waals surface area contributed by atoms with Crippen LogP contribution in [0.2, 0.25) is 5.15 Å². The lowest BCUT2D eigenvalue weighted by Gasteiger charge is -2.38. The van der Waals surface area contributed by atoms with Gasteiger partial charge in [0, 0.05) is 26.7 Å². The molecule has 0 N–H and O–H groups in total. The van der Waals surface area contributed by atoms with Crippen molar-refractivity contribution < 1.29 is 13.2 Å². The van der Waals surface area contributed by atoms with E-state index in [1.54, 1.807) is 25.8 Å². The van der Waals surface area contributed by atoms with E-state index in [1.165, 1.54) is 8.99 Å². The smallest absolute Gasteiger partial charge is 0.248 e. The lowest BCUT2D eigenvalue weighted by molar-refractivity contribution is -0.138. The minimum absolute atomic E-state index is 0.0152. The lowest BCUT2D eigenvalue weighted by Crippen LogP contribution is -2.58. The molecule has 130 valence electrons. The van der Waals surface area contributed by atoms with Crippen LogP contribution in [0.15, 0.2) is 4.90 Å². The van der Waals surface area contributed by atoms with Crippen LogP contribution in [0.3, 0.4) is 0 Å². The number of aromatic nitrogens is 2. The molecule has 2 heterocycles. The van der Waals surface area contributed by atoms with Crippen LogP contribution in [-0.4, -0.2) is 59.0 Å². The predicted molar refractivity (Wildman–Crippen MR) is 87.7 cm³/mol. The van der Waals surface area contributed by atoms with Crippen molar-refractivity contribution in [1.82, 2.24) is 19.0 Å². The SMILES string of the molecule is Cc1nn(C)c(Cl)c1S(=O)(=O)N1CCN(CC(C)C)C(=O)[C@@H]1C. The highest BCUT2D eigenvalue weighted by Gasteiger charge is 2.41. The van der Waals surface area contributed by atoms with Crippen molar-refractivity contribution in [2.75, 3.05) is 19.6 Å². The molecule has 0 radical (unpaired) electrons. The van der Waals surface area contributed by atoms with Gasteiger partial charge in [-0.1, -0.05) is 25.4 Å². The monoisotopic (exact) mass is 362 g/mol. The first-order valence-corrected chi connectivity index (χ1v) is 9.39. The molecular formula is C14H23ClN4O3S. The van der Waals surface area contributed by atoms with Crippen LogP contribution in [0.5, 0.6) is 0 Å². The highest BCUT2D eigenvalue weighted by Crippen LogP contribution is 2.30. The molecular weight excluding hydrogens is 340 g/mol. The van der Waals surface area contributed by atoms with E-state index in [0.29, 0.717) is 24.7 Å². The van der Waals surface area contributed by atoms with Crippen LogP contribution in [0.1, 0.15) is 26.5 Å². The topological polar surface area (TPSA) is 75.5 Å². The molecule has 7 nitrogen and oxygen atoms in total. The molecule has 23 heavy (non-hydrogen) atoms. The third kappa shape index (κ3) is 3.25. The average molecular weight is 363 g/mol. The summed E-state index contributed by atoms with van der Waals surface area (Å²) in [6.45, 7) is 8.54. The van der Waals surface area contributed by atoms with Crippen LogP contribution in [0.25, 0.3) is 0 Å². The van der Waals surface area contributed by atoms with Crippen LogP contribution in [-0.2, 0) is 21.9 Å². The standard InChI is InChI=1S/C14H23ClN4O3S/c1-9(2)8-18-6-7-19(11(4)14(18)20)23(21,22)12-10(3)16-17(5)13(12)15/h9,11H,6-8H2,1-5H3/t11-/m0/s1. The third-order valence-corrected chi connectivity index (χ3v) is 6.61. The molecule has 2 rings (SSSR count). The second-order valence-electron chi connectivity index (χ2n) is 6.30. The van der Waals surface area contributed by atoms with Crippen LogP contribution >= 0.6 is 11.6 Å². The van der Waals surface area contributed by atoms with E-state index >= 15 is 0 Å². The van der Waals surface area contributed by atoms with Gasteiger partial charge in [0.1, 0.15) is 16.1 Å². The number of carbonyl (C=O) groups excluding carboxylic acids is 1. The maximum Gasteiger partial charge on any atom is 0.248 e. The van der Waals surface area contributed by atoms with Crippen molar-refractivity contribution in [3.05, 3.63) is 10.8 Å². The lowest BCUT2D eigenvalue weighted by atomic mass is 10.1. The van der Waals surface area contributed by atoms with E-state index in [9.17, 15) is 13.2 Å². The van der Waals surface area contributed by atoms with Crippen molar-refractivity contribution in [3.8, 4) is 0 Å². The van der Waals surface area contributed by atoms with E-state index in [4.69, 9.17) is 11.6 Å². The molecule has 1 amide bonds. The Labute approximate surface area is 142 Å². The fourth-order valence-corrected chi connectivity index (χ4v) is 5.17. The number of hydrogen-bond acceptors (Lipinski definition) is 4. The van der Waals surface area contributed by atoms with E-state index in [2.05, 4.69) is 5.10 Å². The van der Waals surface area contributed by atoms with E-state index < -0.39 is 16.1 Å². The Kier molecular flexibility index (Phi) is 5.08. The second-order valence-corrected chi connectivity index (χ2v) is 8.48. The van der Waals surface area contributed by atoms with Gasteiger partial charge in [-0.05, 0) is 19.8 Å². The molecule has 1 aliphatic rings. The summed E-state index contributed by atoms with van der Waals surface area (Å²) in [6, 6.07) is -0.747. The summed E-state index contributed by atoms with van der Waals surface area (Å²) in [5.41, 5.74) is 0.335. The molecule has 1 atom stereocenters. The van der Waals surface area contributed by atoms with Crippen LogP contribution in [0.4, 0.5) is 0 Å². The van der Waals surface area contributed by atoms with Crippen LogP contribution in [0, 0.1) is 12.8 Å². The average Bonchev–Trinajstić information content (AvgIpc) is 2.68. The molecule has 0 bridgehead atoms. The van der Waals surface area contributed by atoms with Gasteiger partial charge in [0.25, 0.3) is 0 Å². The number of amides is 1. The van der Waals surface area contributed by atoms with Gasteiger partial charge >= 0.3 is 0 Å². The summed E-state index contributed by atoms with van der Waals surface area (Å²) in [5.74, 6) is 0.163. The quantitative estimate of drug-likeness (QED) is 0.808. The molecule has 1 saturated heterocycles. The minimum Gasteiger partial charge on any atom is -0.340 e. The fraction of sp³-hybridized carbons (Fsp3) is 0.714. The number of halogens is 1. The van der Waals surface area contributed by atoms with E-state index in [0.717, 1.165) is 0 Å². The van der Waals surface area contributed by atoms with Gasteiger partial charge in [-0.25, -0.2) is 8.42 Å². The summed E-state index contributed by atoms with van der Waals surface area (Å²) in [5, 5.41) is 4.12. The first-order valence-electron chi connectivity index (χ1n) is 7.57. The van der Waals surface area contributed by atoms with Gasteiger partial charge in [0.15, 0.2) is 0 Å². The highest BCUT2D eigenvalue weighted by atomic mass is 35.5. The number of piperazine rings is 1. The molecule has 1 aromatic rings. The van der Waals surface area contributed by atoms with E-state index in [-0.39, 0.29) is 22.5 Å². The summed E-state index contributed by atoms with van der Waals surface area (Å²) < 4.78 is 28.4. The number of rotatable bonds is 4. The molecule has 0 aliphatic carbocycles. The largest absolute Gasteiger partial charge is 0.340 e. The first kappa shape index (κ1) is 18.2. The third-order valence-electron chi connectivity index (χ3n) is 3.94. The maximum atomic E-state index is 12.9. The number of carbonyl (C=O) groups is 1. The van der Waals surface area contributed by atoms with Gasteiger partial charge < -0.3 is 4.90 Å². The number of hydrogen-bond donors (Lipinski definition) is 0. The van der Waals surface area contributed by atoms with Crippen molar-refractivity contribution in [3.63, 3.8) is 0 Å². The summed E-state index contributed by atoms with van der Waals surface area (Å²) in [7, 11) is -2.28. The number of nitrogens with zero attached hydrogens (tertiary/aromatic N) is 4. The van der Waals surface area contributed by atoms with E-state index in [1.807, 2.05) is 13.8 Å². The Balaban J connectivity index is 2.34. The molecule has 1 aliphatic heterocycles. The molecule has 0 saturated carbocycles. The Morgan fingerprint density at radius 2 is 1.96 bits per heavy atom. The highest BCUT2D eigenvalue weighted by molar-refractivity contribution is 7.89. The number of aryl methyl sites for hydroxylation is 2. The summed E-state index contributed by atoms with van der Waals surface area (Å²) in [6.07, 6.45) is 0. The summed E-state index contributed by atoms with van der Waals surface area (Å²) in [4.78, 5) is 14.2. The minimum atomic E-state index is -3.87. The van der Waals surface area contributed by atoms with Gasteiger partial charge in [-0.15, -0.1) is 0 Å². The zero-order chi connectivity index (χ0) is 17.5. The van der Waals surface area contributed by atoms with Crippen molar-refractivity contribution in [2.24, 2.45) is 13.0 Å². The molecule has 0 aromatic carbocycles. The van der Waals surface area contributed by atoms with Gasteiger partial charge in [0.2, 0.25) is 15.9 Å². The normalized spacial score (nSPS) is 20.6. The second kappa shape index (κ2) is 6.41. The zero-order valence-electron chi connectivity index (χ0n) is 14.1. The molecule has 0 unspecified atom stereocenters. The zero-order valence-corrected chi connectivity index (χ0v) is 15.6. The van der Waals surface area contributed by atoms with Crippen molar-refractivity contribution in [2.45, 2.75) is 38.6 Å². The van der Waals surface area contributed by atoms with Crippen molar-refractivity contribution in [1.29, 1.82) is 0 Å². The Hall–Kier alpha value is -1.12. The van der Waals surface area contributed by atoms with Crippen molar-refractivity contribution >= 4 is 27.5 Å². The number of sulfonamides is 1. The first-order chi connectivity index (χ1) is 10.6. The van der Waals surface area contributed by atoms with Gasteiger partial charge in [-0.3, -0.25) is 9.48 Å². The molecule has 9 heteroatoms. The Morgan fingerprint density at radius 3 is 2.43 bits per heavy atom. The molecule has 1 fully saturated rings. The maximum absolute atomic E-state index is 12.9. The van der Waals surface area contributed by atoms with Crippen LogP contribution < -0.4 is 0 Å². The predicted octanol–water partition coefficient (Wildman–Crippen LogP) is 1.26. The summed E-state index contributed by atoms with van der Waals surface area (Å²) >= 11 is 6.10. The van der Waals surface area contributed by atoms with Gasteiger partial charge in [-0.2, -0.15) is 9.40 Å².